The zero-order valence-electron chi connectivity index (χ0n) is 17.3. The fourth-order valence-electron chi connectivity index (χ4n) is 3.19. The Morgan fingerprint density at radius 3 is 2.57 bits per heavy atom. The van der Waals surface area contributed by atoms with Crippen molar-refractivity contribution in [2.24, 2.45) is 0 Å². The molecule has 0 bridgehead atoms. The van der Waals surface area contributed by atoms with Gasteiger partial charge >= 0.3 is 0 Å². The molecule has 2 aromatic carbocycles. The van der Waals surface area contributed by atoms with Gasteiger partial charge in [-0.15, -0.1) is 0 Å². The van der Waals surface area contributed by atoms with Crippen LogP contribution in [-0.2, 0) is 9.59 Å². The van der Waals surface area contributed by atoms with E-state index in [1.165, 1.54) is 17.3 Å². The number of thioether (sulfide) groups is 1. The van der Waals surface area contributed by atoms with Gasteiger partial charge in [0.15, 0.2) is 0 Å². The average molecular weight is 439 g/mol. The van der Waals surface area contributed by atoms with Crippen LogP contribution < -0.4 is 5.32 Å². The third kappa shape index (κ3) is 6.28. The van der Waals surface area contributed by atoms with E-state index in [0.717, 1.165) is 36.1 Å². The summed E-state index contributed by atoms with van der Waals surface area (Å²) in [5.41, 5.74) is 4.14. The first-order valence-electron chi connectivity index (χ1n) is 10.1. The molecule has 2 aromatic rings. The minimum absolute atomic E-state index is 0.0206. The Kier molecular flexibility index (Phi) is 7.82. The summed E-state index contributed by atoms with van der Waals surface area (Å²) in [6.07, 6.45) is 4.84. The van der Waals surface area contributed by atoms with Crippen LogP contribution in [0.2, 0.25) is 0 Å². The number of hydrogen-bond donors (Lipinski definition) is 1. The molecule has 0 spiro atoms. The summed E-state index contributed by atoms with van der Waals surface area (Å²) in [6, 6.07) is 15.8. The molecular formula is C24H26N2O2S2. The highest BCUT2D eigenvalue weighted by Gasteiger charge is 2.31. The Bertz CT molecular complexity index is 967. The van der Waals surface area contributed by atoms with Crippen molar-refractivity contribution in [1.29, 1.82) is 0 Å². The number of hydrogen-bond acceptors (Lipinski definition) is 4. The van der Waals surface area contributed by atoms with Crippen LogP contribution in [0.1, 0.15) is 42.4 Å². The van der Waals surface area contributed by atoms with Gasteiger partial charge in [0, 0.05) is 18.7 Å². The summed E-state index contributed by atoms with van der Waals surface area (Å²) in [4.78, 5) is 27.1. The Labute approximate surface area is 187 Å². The Morgan fingerprint density at radius 2 is 1.83 bits per heavy atom. The normalized spacial score (nSPS) is 15.1. The van der Waals surface area contributed by atoms with Gasteiger partial charge in [-0.05, 0) is 56.0 Å². The first-order valence-corrected chi connectivity index (χ1v) is 11.3. The van der Waals surface area contributed by atoms with E-state index in [4.69, 9.17) is 12.2 Å². The molecule has 3 rings (SSSR count). The van der Waals surface area contributed by atoms with Crippen molar-refractivity contribution in [3.63, 3.8) is 0 Å². The molecular weight excluding hydrogens is 412 g/mol. The van der Waals surface area contributed by atoms with E-state index >= 15 is 0 Å². The maximum atomic E-state index is 12.7. The van der Waals surface area contributed by atoms with Crippen LogP contribution in [0.15, 0.2) is 53.4 Å². The highest BCUT2D eigenvalue weighted by atomic mass is 32.2. The largest absolute Gasteiger partial charge is 0.326 e. The number of amides is 2. The average Bonchev–Trinajstić information content (AvgIpc) is 2.96. The maximum absolute atomic E-state index is 12.7. The number of aryl methyl sites for hydroxylation is 2. The lowest BCUT2D eigenvalue weighted by molar-refractivity contribution is -0.122. The Hall–Kier alpha value is -2.44. The van der Waals surface area contributed by atoms with Crippen LogP contribution in [0.25, 0.3) is 6.08 Å². The Balaban J connectivity index is 1.41. The molecule has 1 aliphatic heterocycles. The lowest BCUT2D eigenvalue weighted by atomic mass is 10.1. The molecule has 1 saturated heterocycles. The lowest BCUT2D eigenvalue weighted by Gasteiger charge is -2.14. The second-order valence-corrected chi connectivity index (χ2v) is 9.15. The molecule has 0 radical (unpaired) electrons. The summed E-state index contributed by atoms with van der Waals surface area (Å²) in [5, 5.41) is 2.93. The number of benzene rings is 2. The van der Waals surface area contributed by atoms with E-state index in [9.17, 15) is 9.59 Å². The van der Waals surface area contributed by atoms with Gasteiger partial charge in [-0.3, -0.25) is 14.5 Å². The fraction of sp³-hybridized carbons (Fsp3) is 0.292. The van der Waals surface area contributed by atoms with E-state index in [1.54, 1.807) is 4.90 Å². The number of rotatable bonds is 8. The zero-order chi connectivity index (χ0) is 21.5. The number of carbonyl (C=O) groups is 2. The van der Waals surface area contributed by atoms with Gasteiger partial charge in [-0.25, -0.2) is 0 Å². The van der Waals surface area contributed by atoms with Crippen molar-refractivity contribution in [3.05, 3.63) is 70.1 Å². The third-order valence-corrected chi connectivity index (χ3v) is 6.21. The molecule has 0 unspecified atom stereocenters. The molecule has 0 aromatic heterocycles. The van der Waals surface area contributed by atoms with Crippen LogP contribution in [0, 0.1) is 13.8 Å². The molecule has 4 nitrogen and oxygen atoms in total. The third-order valence-electron chi connectivity index (χ3n) is 4.84. The molecule has 1 heterocycles. The number of thiocarbonyl (C=S) groups is 1. The predicted molar refractivity (Wildman–Crippen MR) is 129 cm³/mol. The van der Waals surface area contributed by atoms with E-state index in [0.29, 0.717) is 22.2 Å². The first-order chi connectivity index (χ1) is 14.4. The van der Waals surface area contributed by atoms with Crippen molar-refractivity contribution < 1.29 is 9.59 Å². The molecule has 1 N–H and O–H groups in total. The van der Waals surface area contributed by atoms with Crippen LogP contribution in [0.4, 0.5) is 5.69 Å². The summed E-state index contributed by atoms with van der Waals surface area (Å²) in [6.45, 7) is 4.63. The number of unbranched alkanes of at least 4 members (excludes halogenated alkanes) is 2. The smallest absolute Gasteiger partial charge is 0.266 e. The predicted octanol–water partition coefficient (Wildman–Crippen LogP) is 5.70. The minimum atomic E-state index is -0.0252. The molecule has 1 fully saturated rings. The van der Waals surface area contributed by atoms with Crippen LogP contribution >= 0.6 is 24.0 Å². The second-order valence-electron chi connectivity index (χ2n) is 7.47. The van der Waals surface area contributed by atoms with Crippen LogP contribution in [-0.4, -0.2) is 27.6 Å². The lowest BCUT2D eigenvalue weighted by Crippen LogP contribution is -2.29. The quantitative estimate of drug-likeness (QED) is 0.326. The van der Waals surface area contributed by atoms with Gasteiger partial charge in [0.2, 0.25) is 5.91 Å². The Morgan fingerprint density at radius 1 is 1.07 bits per heavy atom. The number of nitrogens with one attached hydrogen (secondary N) is 1. The molecule has 30 heavy (non-hydrogen) atoms. The monoisotopic (exact) mass is 438 g/mol. The van der Waals surface area contributed by atoms with Crippen molar-refractivity contribution in [2.75, 3.05) is 11.9 Å². The van der Waals surface area contributed by atoms with E-state index < -0.39 is 0 Å². The molecule has 6 heteroatoms. The van der Waals surface area contributed by atoms with Gasteiger partial charge in [0.25, 0.3) is 5.91 Å². The minimum Gasteiger partial charge on any atom is -0.326 e. The van der Waals surface area contributed by atoms with Gasteiger partial charge in [0.1, 0.15) is 4.32 Å². The highest BCUT2D eigenvalue weighted by Crippen LogP contribution is 2.32. The van der Waals surface area contributed by atoms with Gasteiger partial charge < -0.3 is 5.32 Å². The zero-order valence-corrected chi connectivity index (χ0v) is 18.9. The van der Waals surface area contributed by atoms with Gasteiger partial charge in [-0.1, -0.05) is 72.4 Å². The van der Waals surface area contributed by atoms with Crippen molar-refractivity contribution >= 4 is 51.9 Å². The van der Waals surface area contributed by atoms with Crippen LogP contribution in [0.5, 0.6) is 0 Å². The molecule has 156 valence electrons. The van der Waals surface area contributed by atoms with Crippen molar-refractivity contribution in [2.45, 2.75) is 39.5 Å². The molecule has 1 aliphatic rings. The summed E-state index contributed by atoms with van der Waals surface area (Å²) in [7, 11) is 0. The summed E-state index contributed by atoms with van der Waals surface area (Å²) >= 11 is 6.75. The first kappa shape index (κ1) is 22.2. The fourth-order valence-corrected chi connectivity index (χ4v) is 4.49. The topological polar surface area (TPSA) is 49.4 Å². The van der Waals surface area contributed by atoms with Crippen molar-refractivity contribution in [3.8, 4) is 0 Å². The standard InChI is InChI=1S/C24H26N2O2S2/c1-17-10-12-19(13-11-17)16-21-23(28)26(24(29)30-21)14-5-3-4-9-22(27)25-20-8-6-7-18(2)15-20/h6-8,10-13,15-16H,3-5,9,14H2,1-2H3,(H,25,27)/b21-16-. The van der Waals surface area contributed by atoms with E-state index in [-0.39, 0.29) is 11.8 Å². The number of anilines is 1. The maximum Gasteiger partial charge on any atom is 0.266 e. The second kappa shape index (κ2) is 10.5. The summed E-state index contributed by atoms with van der Waals surface area (Å²) in [5.74, 6) is -0.00462. The SMILES string of the molecule is Cc1ccc(/C=C2\SC(=S)N(CCCCCC(=O)Nc3cccc(C)c3)C2=O)cc1. The molecule has 0 aliphatic carbocycles. The molecule has 2 amide bonds. The van der Waals surface area contributed by atoms with Crippen LogP contribution in [0.3, 0.4) is 0 Å². The van der Waals surface area contributed by atoms with Crippen molar-refractivity contribution in [1.82, 2.24) is 4.90 Å². The van der Waals surface area contributed by atoms with E-state index in [1.807, 2.05) is 68.5 Å². The number of carbonyl (C=O) groups excluding carboxylic acids is 2. The number of nitrogens with zero attached hydrogens (tertiary/aromatic N) is 1. The molecule has 0 atom stereocenters. The van der Waals surface area contributed by atoms with Gasteiger partial charge in [0.05, 0.1) is 4.91 Å². The van der Waals surface area contributed by atoms with E-state index in [2.05, 4.69) is 5.32 Å². The molecule has 0 saturated carbocycles. The highest BCUT2D eigenvalue weighted by molar-refractivity contribution is 8.26. The summed E-state index contributed by atoms with van der Waals surface area (Å²) < 4.78 is 0.607. The van der Waals surface area contributed by atoms with Gasteiger partial charge in [-0.2, -0.15) is 0 Å².